The van der Waals surface area contributed by atoms with E-state index in [0.717, 1.165) is 19.5 Å². The van der Waals surface area contributed by atoms with Gasteiger partial charge in [-0.3, -0.25) is 4.90 Å². The molecule has 0 N–H and O–H groups in total. The van der Waals surface area contributed by atoms with E-state index in [1.807, 2.05) is 11.9 Å². The summed E-state index contributed by atoms with van der Waals surface area (Å²) in [6.07, 6.45) is 1.09. The molecule has 1 aliphatic heterocycles. The van der Waals surface area contributed by atoms with Crippen LogP contribution < -0.4 is 0 Å². The smallest absolute Gasteiger partial charge is 0.319 e. The Labute approximate surface area is 92.8 Å². The molecule has 0 spiro atoms. The summed E-state index contributed by atoms with van der Waals surface area (Å²) < 4.78 is 0. The highest BCUT2D eigenvalue weighted by atomic mass is 16.2. The van der Waals surface area contributed by atoms with E-state index in [4.69, 9.17) is 0 Å². The lowest BCUT2D eigenvalue weighted by molar-refractivity contribution is 0.161. The highest BCUT2D eigenvalue weighted by Gasteiger charge is 2.29. The largest absolute Gasteiger partial charge is 0.331 e. The van der Waals surface area contributed by atoms with Gasteiger partial charge in [0.1, 0.15) is 0 Å². The van der Waals surface area contributed by atoms with Gasteiger partial charge in [-0.15, -0.1) is 0 Å². The molecule has 0 bridgehead atoms. The lowest BCUT2D eigenvalue weighted by Gasteiger charge is -2.28. The van der Waals surface area contributed by atoms with Crippen LogP contribution in [0.1, 0.15) is 20.3 Å². The summed E-state index contributed by atoms with van der Waals surface area (Å²) in [7, 11) is 5.50. The topological polar surface area (TPSA) is 26.8 Å². The maximum atomic E-state index is 11.7. The number of carbonyl (C=O) groups excluding carboxylic acids is 1. The van der Waals surface area contributed by atoms with Crippen molar-refractivity contribution < 1.29 is 4.79 Å². The molecule has 0 aliphatic carbocycles. The fraction of sp³-hybridized carbons (Fsp3) is 0.909. The van der Waals surface area contributed by atoms with E-state index in [2.05, 4.69) is 18.7 Å². The van der Waals surface area contributed by atoms with Crippen LogP contribution in [0.15, 0.2) is 0 Å². The van der Waals surface area contributed by atoms with E-state index < -0.39 is 0 Å². The number of urea groups is 1. The lowest BCUT2D eigenvalue weighted by Crippen LogP contribution is -2.44. The van der Waals surface area contributed by atoms with Gasteiger partial charge in [0.2, 0.25) is 0 Å². The van der Waals surface area contributed by atoms with Crippen molar-refractivity contribution in [3.05, 3.63) is 0 Å². The van der Waals surface area contributed by atoms with Crippen molar-refractivity contribution in [2.24, 2.45) is 0 Å². The standard InChI is InChI=1S/C11H23N3O/c1-9(2)14-7-6-10(8-14)13(5)11(15)12(3)4/h9-10H,6-8H2,1-5H3/t10-/m1/s1. The fourth-order valence-electron chi connectivity index (χ4n) is 2.02. The molecular weight excluding hydrogens is 190 g/mol. The Morgan fingerprint density at radius 2 is 1.93 bits per heavy atom. The molecule has 1 rings (SSSR count). The highest BCUT2D eigenvalue weighted by molar-refractivity contribution is 5.73. The third kappa shape index (κ3) is 2.84. The Balaban J connectivity index is 2.50. The molecule has 15 heavy (non-hydrogen) atoms. The summed E-state index contributed by atoms with van der Waals surface area (Å²) in [6, 6.07) is 1.06. The second kappa shape index (κ2) is 4.84. The zero-order valence-electron chi connectivity index (χ0n) is 10.5. The summed E-state index contributed by atoms with van der Waals surface area (Å²) in [5.41, 5.74) is 0. The molecule has 2 amide bonds. The first kappa shape index (κ1) is 12.3. The van der Waals surface area contributed by atoms with E-state index in [1.165, 1.54) is 0 Å². The van der Waals surface area contributed by atoms with Gasteiger partial charge in [-0.25, -0.2) is 4.79 Å². The molecule has 1 aliphatic rings. The predicted octanol–water partition coefficient (Wildman–Crippen LogP) is 1.08. The number of likely N-dealkylation sites (N-methyl/N-ethyl adjacent to an activating group) is 1. The van der Waals surface area contributed by atoms with Crippen LogP contribution in [0, 0.1) is 0 Å². The summed E-state index contributed by atoms with van der Waals surface area (Å²) in [5.74, 6) is 0. The summed E-state index contributed by atoms with van der Waals surface area (Å²) in [5, 5.41) is 0. The van der Waals surface area contributed by atoms with E-state index in [0.29, 0.717) is 12.1 Å². The van der Waals surface area contributed by atoms with Crippen molar-refractivity contribution >= 4 is 6.03 Å². The summed E-state index contributed by atoms with van der Waals surface area (Å²) in [4.78, 5) is 17.7. The van der Waals surface area contributed by atoms with Gasteiger partial charge in [0, 0.05) is 46.3 Å². The molecule has 0 radical (unpaired) electrons. The first-order valence-electron chi connectivity index (χ1n) is 5.61. The van der Waals surface area contributed by atoms with Crippen LogP contribution in [0.4, 0.5) is 4.79 Å². The molecule has 1 atom stereocenters. The first-order valence-corrected chi connectivity index (χ1v) is 5.61. The number of rotatable bonds is 2. The molecule has 0 saturated carbocycles. The zero-order valence-corrected chi connectivity index (χ0v) is 10.5. The molecule has 1 fully saturated rings. The fourth-order valence-corrected chi connectivity index (χ4v) is 2.02. The molecule has 0 aromatic carbocycles. The van der Waals surface area contributed by atoms with Crippen molar-refractivity contribution in [3.8, 4) is 0 Å². The maximum absolute atomic E-state index is 11.7. The van der Waals surface area contributed by atoms with Crippen LogP contribution in [0.5, 0.6) is 0 Å². The van der Waals surface area contributed by atoms with Gasteiger partial charge in [-0.05, 0) is 20.3 Å². The Morgan fingerprint density at radius 1 is 1.33 bits per heavy atom. The van der Waals surface area contributed by atoms with E-state index in [-0.39, 0.29) is 6.03 Å². The first-order chi connectivity index (χ1) is 6.93. The monoisotopic (exact) mass is 213 g/mol. The summed E-state index contributed by atoms with van der Waals surface area (Å²) >= 11 is 0. The minimum atomic E-state index is 0.102. The molecule has 4 heteroatoms. The van der Waals surface area contributed by atoms with Crippen LogP contribution >= 0.6 is 0 Å². The summed E-state index contributed by atoms with van der Waals surface area (Å²) in [6.45, 7) is 6.52. The van der Waals surface area contributed by atoms with Crippen LogP contribution in [-0.4, -0.2) is 67.0 Å². The molecule has 0 aromatic heterocycles. The molecule has 0 aromatic rings. The second-order valence-electron chi connectivity index (χ2n) is 4.82. The minimum Gasteiger partial charge on any atom is -0.331 e. The maximum Gasteiger partial charge on any atom is 0.319 e. The predicted molar refractivity (Wildman–Crippen MR) is 62.0 cm³/mol. The third-order valence-corrected chi connectivity index (χ3v) is 3.16. The Hall–Kier alpha value is -0.770. The van der Waals surface area contributed by atoms with Crippen LogP contribution in [0.25, 0.3) is 0 Å². The lowest BCUT2D eigenvalue weighted by atomic mass is 10.2. The van der Waals surface area contributed by atoms with E-state index in [1.54, 1.807) is 19.0 Å². The Kier molecular flexibility index (Phi) is 3.97. The van der Waals surface area contributed by atoms with Crippen LogP contribution in [0.2, 0.25) is 0 Å². The minimum absolute atomic E-state index is 0.102. The molecular formula is C11H23N3O. The van der Waals surface area contributed by atoms with Gasteiger partial charge in [-0.2, -0.15) is 0 Å². The van der Waals surface area contributed by atoms with Gasteiger partial charge in [-0.1, -0.05) is 0 Å². The molecule has 0 unspecified atom stereocenters. The average Bonchev–Trinajstić information content (AvgIpc) is 2.64. The number of nitrogens with zero attached hydrogens (tertiary/aromatic N) is 3. The highest BCUT2D eigenvalue weighted by Crippen LogP contribution is 2.17. The number of carbonyl (C=O) groups is 1. The van der Waals surface area contributed by atoms with Gasteiger partial charge in [0.05, 0.1) is 0 Å². The molecule has 4 nitrogen and oxygen atoms in total. The SMILES string of the molecule is CC(C)N1CC[C@@H](N(C)C(=O)N(C)C)C1. The Bertz CT molecular complexity index is 228. The number of hydrogen-bond donors (Lipinski definition) is 0. The van der Waals surface area contributed by atoms with E-state index in [9.17, 15) is 4.79 Å². The van der Waals surface area contributed by atoms with Crippen molar-refractivity contribution in [2.75, 3.05) is 34.2 Å². The normalized spacial score (nSPS) is 22.1. The second-order valence-corrected chi connectivity index (χ2v) is 4.82. The number of hydrogen-bond acceptors (Lipinski definition) is 2. The van der Waals surface area contributed by atoms with Crippen molar-refractivity contribution in [3.63, 3.8) is 0 Å². The zero-order chi connectivity index (χ0) is 11.6. The molecule has 1 saturated heterocycles. The van der Waals surface area contributed by atoms with Crippen LogP contribution in [-0.2, 0) is 0 Å². The van der Waals surface area contributed by atoms with Crippen molar-refractivity contribution in [1.29, 1.82) is 0 Å². The van der Waals surface area contributed by atoms with Gasteiger partial charge >= 0.3 is 6.03 Å². The Morgan fingerprint density at radius 3 is 2.33 bits per heavy atom. The van der Waals surface area contributed by atoms with Crippen molar-refractivity contribution in [1.82, 2.24) is 14.7 Å². The number of amides is 2. The van der Waals surface area contributed by atoms with Crippen molar-refractivity contribution in [2.45, 2.75) is 32.4 Å². The quantitative estimate of drug-likeness (QED) is 0.686. The average molecular weight is 213 g/mol. The molecule has 88 valence electrons. The third-order valence-electron chi connectivity index (χ3n) is 3.16. The molecule has 1 heterocycles. The van der Waals surface area contributed by atoms with E-state index >= 15 is 0 Å². The van der Waals surface area contributed by atoms with Gasteiger partial charge in [0.25, 0.3) is 0 Å². The van der Waals surface area contributed by atoms with Gasteiger partial charge in [0.15, 0.2) is 0 Å². The number of likely N-dealkylation sites (tertiary alicyclic amines) is 1. The van der Waals surface area contributed by atoms with Gasteiger partial charge < -0.3 is 9.80 Å². The van der Waals surface area contributed by atoms with Crippen LogP contribution in [0.3, 0.4) is 0 Å².